The van der Waals surface area contributed by atoms with Crippen LogP contribution in [0.3, 0.4) is 0 Å². The molecule has 1 saturated heterocycles. The van der Waals surface area contributed by atoms with Crippen LogP contribution in [0.1, 0.15) is 24.4 Å². The van der Waals surface area contributed by atoms with E-state index in [4.69, 9.17) is 9.97 Å². The fraction of sp³-hybridized carbons (Fsp3) is 0.259. The molecule has 0 aliphatic carbocycles. The number of nitrogens with zero attached hydrogens (tertiary/aromatic N) is 4. The average molecular weight is 567 g/mol. The lowest BCUT2D eigenvalue weighted by molar-refractivity contribution is 0.141. The number of benzene rings is 3. The van der Waals surface area contributed by atoms with E-state index in [2.05, 4.69) is 52.1 Å². The van der Waals surface area contributed by atoms with Crippen LogP contribution in [0.15, 0.2) is 82.2 Å². The first-order valence-electron chi connectivity index (χ1n) is 11.9. The molecule has 0 unspecified atom stereocenters. The molecular weight excluding hydrogens is 538 g/mol. The molecule has 5 rings (SSSR count). The molecule has 2 heterocycles. The van der Waals surface area contributed by atoms with Crippen molar-refractivity contribution in [3.05, 3.63) is 88.7 Å². The van der Waals surface area contributed by atoms with Crippen LogP contribution in [0.2, 0.25) is 0 Å². The SMILES string of the molecule is Cc1cccc(Nc2nc([C@H](C)N3CCN(S(=O)(=O)c4ccc(Br)cc4)CC3)nc3ccccc23)c1. The summed E-state index contributed by atoms with van der Waals surface area (Å²) in [7, 11) is -3.52. The fourth-order valence-corrected chi connectivity index (χ4v) is 6.17. The predicted molar refractivity (Wildman–Crippen MR) is 147 cm³/mol. The highest BCUT2D eigenvalue weighted by Crippen LogP contribution is 2.29. The standard InChI is InChI=1S/C27H28BrN5O2S/c1-19-6-5-7-22(18-19)29-27-24-8-3-4-9-25(24)30-26(31-27)20(2)32-14-16-33(17-15-32)36(34,35)23-12-10-21(28)11-13-23/h3-13,18,20H,14-17H2,1-2H3,(H,29,30,31)/t20-/m0/s1. The predicted octanol–water partition coefficient (Wildman–Crippen LogP) is 5.51. The maximum absolute atomic E-state index is 13.1. The smallest absolute Gasteiger partial charge is 0.243 e. The van der Waals surface area contributed by atoms with Gasteiger partial charge in [0.2, 0.25) is 10.0 Å². The molecule has 0 amide bonds. The summed E-state index contributed by atoms with van der Waals surface area (Å²) in [5.41, 5.74) is 3.02. The van der Waals surface area contributed by atoms with Crippen molar-refractivity contribution in [2.24, 2.45) is 0 Å². The Morgan fingerprint density at radius 2 is 1.64 bits per heavy atom. The van der Waals surface area contributed by atoms with Gasteiger partial charge in [0.25, 0.3) is 0 Å². The van der Waals surface area contributed by atoms with Gasteiger partial charge in [0.05, 0.1) is 16.5 Å². The Kier molecular flexibility index (Phi) is 7.07. The summed E-state index contributed by atoms with van der Waals surface area (Å²) in [6, 6.07) is 22.9. The van der Waals surface area contributed by atoms with E-state index in [1.807, 2.05) is 36.4 Å². The molecule has 36 heavy (non-hydrogen) atoms. The zero-order valence-electron chi connectivity index (χ0n) is 20.2. The zero-order valence-corrected chi connectivity index (χ0v) is 22.6. The van der Waals surface area contributed by atoms with Crippen LogP contribution >= 0.6 is 15.9 Å². The number of sulfonamides is 1. The topological polar surface area (TPSA) is 78.4 Å². The zero-order chi connectivity index (χ0) is 25.3. The van der Waals surface area contributed by atoms with Crippen LogP contribution < -0.4 is 5.32 Å². The van der Waals surface area contributed by atoms with E-state index >= 15 is 0 Å². The third-order valence-corrected chi connectivity index (χ3v) is 8.99. The van der Waals surface area contributed by atoms with E-state index in [-0.39, 0.29) is 6.04 Å². The average Bonchev–Trinajstić information content (AvgIpc) is 2.88. The summed E-state index contributed by atoms with van der Waals surface area (Å²) < 4.78 is 28.6. The Morgan fingerprint density at radius 3 is 2.36 bits per heavy atom. The van der Waals surface area contributed by atoms with Gasteiger partial charge in [-0.3, -0.25) is 4.90 Å². The van der Waals surface area contributed by atoms with Gasteiger partial charge in [-0.15, -0.1) is 0 Å². The molecule has 0 saturated carbocycles. The number of anilines is 2. The number of hydrogen-bond acceptors (Lipinski definition) is 6. The number of piperazine rings is 1. The van der Waals surface area contributed by atoms with E-state index in [1.54, 1.807) is 28.6 Å². The number of aryl methyl sites for hydroxylation is 1. The van der Waals surface area contributed by atoms with Crippen LogP contribution in [0.25, 0.3) is 10.9 Å². The molecular formula is C27H28BrN5O2S. The summed E-state index contributed by atoms with van der Waals surface area (Å²) >= 11 is 3.36. The van der Waals surface area contributed by atoms with Gasteiger partial charge in [0.1, 0.15) is 11.6 Å². The number of hydrogen-bond donors (Lipinski definition) is 1. The number of aromatic nitrogens is 2. The monoisotopic (exact) mass is 565 g/mol. The lowest BCUT2D eigenvalue weighted by atomic mass is 10.1. The first-order valence-corrected chi connectivity index (χ1v) is 14.1. The van der Waals surface area contributed by atoms with Crippen molar-refractivity contribution < 1.29 is 8.42 Å². The molecule has 7 nitrogen and oxygen atoms in total. The Labute approximate surface area is 220 Å². The van der Waals surface area contributed by atoms with E-state index in [0.29, 0.717) is 36.9 Å². The second kappa shape index (κ2) is 10.3. The minimum Gasteiger partial charge on any atom is -0.340 e. The summed E-state index contributed by atoms with van der Waals surface area (Å²) in [5, 5.41) is 4.43. The third-order valence-electron chi connectivity index (χ3n) is 6.55. The third kappa shape index (κ3) is 5.15. The molecule has 3 aromatic carbocycles. The molecule has 4 aromatic rings. The summed E-state index contributed by atoms with van der Waals surface area (Å²) in [5.74, 6) is 1.48. The van der Waals surface area contributed by atoms with Crippen molar-refractivity contribution in [1.82, 2.24) is 19.2 Å². The van der Waals surface area contributed by atoms with E-state index in [9.17, 15) is 8.42 Å². The number of para-hydroxylation sites is 1. The van der Waals surface area contributed by atoms with Gasteiger partial charge in [-0.1, -0.05) is 40.2 Å². The van der Waals surface area contributed by atoms with Gasteiger partial charge in [0.15, 0.2) is 0 Å². The Morgan fingerprint density at radius 1 is 0.917 bits per heavy atom. The Bertz CT molecular complexity index is 1490. The van der Waals surface area contributed by atoms with Crippen molar-refractivity contribution in [3.8, 4) is 0 Å². The minimum absolute atomic E-state index is 0.0646. The summed E-state index contributed by atoms with van der Waals surface area (Å²) in [6.07, 6.45) is 0. The van der Waals surface area contributed by atoms with E-state index < -0.39 is 10.0 Å². The number of rotatable bonds is 6. The summed E-state index contributed by atoms with van der Waals surface area (Å²) in [4.78, 5) is 12.3. The molecule has 1 aromatic heterocycles. The van der Waals surface area contributed by atoms with Crippen molar-refractivity contribution in [3.63, 3.8) is 0 Å². The van der Waals surface area contributed by atoms with Crippen LogP contribution in [-0.4, -0.2) is 53.8 Å². The van der Waals surface area contributed by atoms with Crippen molar-refractivity contribution >= 4 is 48.4 Å². The highest BCUT2D eigenvalue weighted by atomic mass is 79.9. The van der Waals surface area contributed by atoms with Crippen LogP contribution in [-0.2, 0) is 10.0 Å². The number of fused-ring (bicyclic) bond motifs is 1. The minimum atomic E-state index is -3.52. The largest absolute Gasteiger partial charge is 0.340 e. The van der Waals surface area contributed by atoms with Crippen molar-refractivity contribution in [2.75, 3.05) is 31.5 Å². The molecule has 0 bridgehead atoms. The number of nitrogens with one attached hydrogen (secondary N) is 1. The molecule has 1 N–H and O–H groups in total. The lowest BCUT2D eigenvalue weighted by Crippen LogP contribution is -2.49. The van der Waals surface area contributed by atoms with Gasteiger partial charge < -0.3 is 5.32 Å². The van der Waals surface area contributed by atoms with Crippen molar-refractivity contribution in [2.45, 2.75) is 24.8 Å². The maximum atomic E-state index is 13.1. The van der Waals surface area contributed by atoms with Crippen LogP contribution in [0.4, 0.5) is 11.5 Å². The normalized spacial score (nSPS) is 16.2. The van der Waals surface area contributed by atoms with E-state index in [0.717, 1.165) is 26.9 Å². The Balaban J connectivity index is 1.36. The molecule has 0 radical (unpaired) electrons. The second-order valence-corrected chi connectivity index (χ2v) is 11.9. The molecule has 1 aliphatic heterocycles. The molecule has 1 fully saturated rings. The number of halogens is 1. The van der Waals surface area contributed by atoms with Gasteiger partial charge in [-0.25, -0.2) is 18.4 Å². The lowest BCUT2D eigenvalue weighted by Gasteiger charge is -2.36. The van der Waals surface area contributed by atoms with Crippen LogP contribution in [0, 0.1) is 6.92 Å². The Hall–Kier alpha value is -2.85. The summed E-state index contributed by atoms with van der Waals surface area (Å²) in [6.45, 7) is 6.20. The highest BCUT2D eigenvalue weighted by Gasteiger charge is 2.31. The first kappa shape index (κ1) is 24.8. The van der Waals surface area contributed by atoms with Gasteiger partial charge in [-0.2, -0.15) is 4.31 Å². The van der Waals surface area contributed by atoms with Gasteiger partial charge in [-0.05, 0) is 67.9 Å². The quantitative estimate of drug-likeness (QED) is 0.332. The fourth-order valence-electron chi connectivity index (χ4n) is 4.49. The van der Waals surface area contributed by atoms with E-state index in [1.165, 1.54) is 5.56 Å². The molecule has 1 aliphatic rings. The van der Waals surface area contributed by atoms with Gasteiger partial charge >= 0.3 is 0 Å². The molecule has 0 spiro atoms. The van der Waals surface area contributed by atoms with Gasteiger partial charge in [0, 0.05) is 41.7 Å². The molecule has 1 atom stereocenters. The second-order valence-electron chi connectivity index (χ2n) is 9.01. The molecule has 186 valence electrons. The van der Waals surface area contributed by atoms with Crippen molar-refractivity contribution in [1.29, 1.82) is 0 Å². The highest BCUT2D eigenvalue weighted by molar-refractivity contribution is 9.10. The maximum Gasteiger partial charge on any atom is 0.243 e. The molecule has 9 heteroatoms. The first-order chi connectivity index (χ1) is 17.3. The van der Waals surface area contributed by atoms with Crippen LogP contribution in [0.5, 0.6) is 0 Å².